The van der Waals surface area contributed by atoms with Gasteiger partial charge in [-0.1, -0.05) is 18.2 Å². The summed E-state index contributed by atoms with van der Waals surface area (Å²) in [5, 5.41) is 3.70. The molecule has 1 aromatic heterocycles. The number of para-hydroxylation sites is 1. The molecule has 0 fully saturated rings. The number of hydrogen-bond acceptors (Lipinski definition) is 2. The van der Waals surface area contributed by atoms with Gasteiger partial charge in [0.1, 0.15) is 11.8 Å². The van der Waals surface area contributed by atoms with Crippen molar-refractivity contribution in [3.63, 3.8) is 0 Å². The standard InChI is InChI=1S/C13H14ClNO2/c14-7-3-4-8-15-13(16)11-9-17-12-6-2-1-5-10(11)12/h1-2,5-6,9H,3-4,7-8H2,(H,15,16). The second kappa shape index (κ2) is 5.73. The molecule has 1 heterocycles. The summed E-state index contributed by atoms with van der Waals surface area (Å²) < 4.78 is 5.32. The van der Waals surface area contributed by atoms with Gasteiger partial charge < -0.3 is 9.73 Å². The van der Waals surface area contributed by atoms with Crippen LogP contribution in [0.1, 0.15) is 23.2 Å². The average molecular weight is 252 g/mol. The van der Waals surface area contributed by atoms with E-state index in [-0.39, 0.29) is 5.91 Å². The lowest BCUT2D eigenvalue weighted by Crippen LogP contribution is -2.24. The molecule has 1 N–H and O–H groups in total. The van der Waals surface area contributed by atoms with Crippen LogP contribution >= 0.6 is 11.6 Å². The zero-order valence-electron chi connectivity index (χ0n) is 9.41. The first-order valence-electron chi connectivity index (χ1n) is 5.63. The van der Waals surface area contributed by atoms with E-state index in [1.54, 1.807) is 0 Å². The summed E-state index contributed by atoms with van der Waals surface area (Å²) >= 11 is 5.57. The van der Waals surface area contributed by atoms with E-state index in [1.807, 2.05) is 24.3 Å². The van der Waals surface area contributed by atoms with Crippen LogP contribution in [0.5, 0.6) is 0 Å². The number of benzene rings is 1. The topological polar surface area (TPSA) is 42.2 Å². The molecule has 2 rings (SSSR count). The third-order valence-corrected chi connectivity index (χ3v) is 2.84. The molecule has 4 heteroatoms. The minimum atomic E-state index is -0.0930. The highest BCUT2D eigenvalue weighted by atomic mass is 35.5. The van der Waals surface area contributed by atoms with Crippen molar-refractivity contribution >= 4 is 28.5 Å². The molecular weight excluding hydrogens is 238 g/mol. The smallest absolute Gasteiger partial charge is 0.255 e. The van der Waals surface area contributed by atoms with E-state index < -0.39 is 0 Å². The van der Waals surface area contributed by atoms with Crippen LogP contribution in [0, 0.1) is 0 Å². The molecule has 1 aromatic carbocycles. The molecule has 2 aromatic rings. The number of carbonyl (C=O) groups excluding carboxylic acids is 1. The zero-order chi connectivity index (χ0) is 12.1. The Hall–Kier alpha value is -1.48. The lowest BCUT2D eigenvalue weighted by molar-refractivity contribution is 0.0954. The lowest BCUT2D eigenvalue weighted by atomic mass is 10.1. The van der Waals surface area contributed by atoms with Crippen molar-refractivity contribution in [2.24, 2.45) is 0 Å². The van der Waals surface area contributed by atoms with E-state index in [2.05, 4.69) is 5.32 Å². The Labute approximate surface area is 105 Å². The van der Waals surface area contributed by atoms with Crippen LogP contribution in [-0.2, 0) is 0 Å². The maximum Gasteiger partial charge on any atom is 0.255 e. The van der Waals surface area contributed by atoms with Gasteiger partial charge in [-0.15, -0.1) is 11.6 Å². The predicted octanol–water partition coefficient (Wildman–Crippen LogP) is 3.18. The van der Waals surface area contributed by atoms with Crippen molar-refractivity contribution < 1.29 is 9.21 Å². The van der Waals surface area contributed by atoms with E-state index in [9.17, 15) is 4.79 Å². The minimum Gasteiger partial charge on any atom is -0.463 e. The summed E-state index contributed by atoms with van der Waals surface area (Å²) in [4.78, 5) is 11.9. The van der Waals surface area contributed by atoms with Gasteiger partial charge in [-0.2, -0.15) is 0 Å². The highest BCUT2D eigenvalue weighted by Crippen LogP contribution is 2.20. The number of nitrogens with one attached hydrogen (secondary N) is 1. The molecule has 0 atom stereocenters. The fourth-order valence-corrected chi connectivity index (χ4v) is 1.86. The van der Waals surface area contributed by atoms with Crippen LogP contribution in [0.2, 0.25) is 0 Å². The number of fused-ring (bicyclic) bond motifs is 1. The second-order valence-electron chi connectivity index (χ2n) is 3.80. The van der Waals surface area contributed by atoms with E-state index >= 15 is 0 Å². The number of carbonyl (C=O) groups is 1. The fraction of sp³-hybridized carbons (Fsp3) is 0.308. The summed E-state index contributed by atoms with van der Waals surface area (Å²) in [5.74, 6) is 0.536. The van der Waals surface area contributed by atoms with Crippen molar-refractivity contribution in [1.82, 2.24) is 5.32 Å². The number of rotatable bonds is 5. The molecule has 0 saturated carbocycles. The molecule has 17 heavy (non-hydrogen) atoms. The molecule has 0 radical (unpaired) electrons. The third kappa shape index (κ3) is 2.80. The fourth-order valence-electron chi connectivity index (χ4n) is 1.67. The number of unbranched alkanes of at least 4 members (excludes halogenated alkanes) is 1. The number of alkyl halides is 1. The first-order valence-corrected chi connectivity index (χ1v) is 6.17. The first-order chi connectivity index (χ1) is 8.33. The Morgan fingerprint density at radius 2 is 2.12 bits per heavy atom. The van der Waals surface area contributed by atoms with Gasteiger partial charge >= 0.3 is 0 Å². The van der Waals surface area contributed by atoms with Gasteiger partial charge in [0, 0.05) is 17.8 Å². The molecule has 0 saturated heterocycles. The summed E-state index contributed by atoms with van der Waals surface area (Å²) in [6.45, 7) is 0.644. The van der Waals surface area contributed by atoms with Crippen molar-refractivity contribution in [1.29, 1.82) is 0 Å². The van der Waals surface area contributed by atoms with E-state index in [0.717, 1.165) is 23.8 Å². The Bertz CT molecular complexity index is 507. The number of amides is 1. The first kappa shape index (κ1) is 12.0. The summed E-state index contributed by atoms with van der Waals surface area (Å²) in [7, 11) is 0. The Balaban J connectivity index is 2.04. The molecule has 1 amide bonds. The van der Waals surface area contributed by atoms with Crippen molar-refractivity contribution in [3.05, 3.63) is 36.1 Å². The highest BCUT2D eigenvalue weighted by molar-refractivity contribution is 6.17. The normalized spacial score (nSPS) is 10.6. The van der Waals surface area contributed by atoms with E-state index in [1.165, 1.54) is 6.26 Å². The van der Waals surface area contributed by atoms with Crippen LogP contribution in [0.15, 0.2) is 34.9 Å². The molecule has 0 aliphatic rings. The molecule has 90 valence electrons. The van der Waals surface area contributed by atoms with Gasteiger partial charge in [0.15, 0.2) is 0 Å². The van der Waals surface area contributed by atoms with E-state index in [0.29, 0.717) is 18.0 Å². The van der Waals surface area contributed by atoms with Crippen LogP contribution in [0.3, 0.4) is 0 Å². The van der Waals surface area contributed by atoms with Gasteiger partial charge in [0.05, 0.1) is 5.56 Å². The Morgan fingerprint density at radius 3 is 2.94 bits per heavy atom. The lowest BCUT2D eigenvalue weighted by Gasteiger charge is -2.02. The molecule has 0 aliphatic heterocycles. The SMILES string of the molecule is O=C(NCCCCCl)c1coc2ccccc12. The maximum absolute atomic E-state index is 11.9. The van der Waals surface area contributed by atoms with Crippen molar-refractivity contribution in [3.8, 4) is 0 Å². The minimum absolute atomic E-state index is 0.0930. The summed E-state index contributed by atoms with van der Waals surface area (Å²) in [6, 6.07) is 7.50. The highest BCUT2D eigenvalue weighted by Gasteiger charge is 2.12. The van der Waals surface area contributed by atoms with Crippen LogP contribution in [0.25, 0.3) is 11.0 Å². The molecule has 3 nitrogen and oxygen atoms in total. The quantitative estimate of drug-likeness (QED) is 0.655. The summed E-state index contributed by atoms with van der Waals surface area (Å²) in [6.07, 6.45) is 3.31. The summed E-state index contributed by atoms with van der Waals surface area (Å²) in [5.41, 5.74) is 1.32. The molecule has 0 unspecified atom stereocenters. The third-order valence-electron chi connectivity index (χ3n) is 2.57. The zero-order valence-corrected chi connectivity index (χ0v) is 10.2. The monoisotopic (exact) mass is 251 g/mol. The van der Waals surface area contributed by atoms with Crippen LogP contribution < -0.4 is 5.32 Å². The van der Waals surface area contributed by atoms with E-state index in [4.69, 9.17) is 16.0 Å². The number of hydrogen-bond donors (Lipinski definition) is 1. The second-order valence-corrected chi connectivity index (χ2v) is 4.18. The molecule has 0 bridgehead atoms. The molecule has 0 spiro atoms. The van der Waals surface area contributed by atoms with Gasteiger partial charge in [-0.3, -0.25) is 4.79 Å². The van der Waals surface area contributed by atoms with Crippen LogP contribution in [0.4, 0.5) is 0 Å². The Kier molecular flexibility index (Phi) is 4.04. The largest absolute Gasteiger partial charge is 0.463 e. The van der Waals surface area contributed by atoms with Gasteiger partial charge in [0.25, 0.3) is 5.91 Å². The van der Waals surface area contributed by atoms with Crippen molar-refractivity contribution in [2.75, 3.05) is 12.4 Å². The Morgan fingerprint density at radius 1 is 1.29 bits per heavy atom. The van der Waals surface area contributed by atoms with Crippen LogP contribution in [-0.4, -0.2) is 18.3 Å². The number of halogens is 1. The van der Waals surface area contributed by atoms with Gasteiger partial charge in [0.2, 0.25) is 0 Å². The maximum atomic E-state index is 11.9. The molecular formula is C13H14ClNO2. The average Bonchev–Trinajstić information content (AvgIpc) is 2.78. The van der Waals surface area contributed by atoms with Crippen molar-refractivity contribution in [2.45, 2.75) is 12.8 Å². The predicted molar refractivity (Wildman–Crippen MR) is 68.5 cm³/mol. The van der Waals surface area contributed by atoms with Gasteiger partial charge in [-0.05, 0) is 18.9 Å². The molecule has 0 aliphatic carbocycles. The number of furan rings is 1. The van der Waals surface area contributed by atoms with Gasteiger partial charge in [-0.25, -0.2) is 0 Å².